The Morgan fingerprint density at radius 2 is 1.83 bits per heavy atom. The number of nitrogens with zero attached hydrogens (tertiary/aromatic N) is 3. The van der Waals surface area contributed by atoms with Gasteiger partial charge in [-0.3, -0.25) is 9.59 Å². The minimum Gasteiger partial charge on any atom is -0.356 e. The summed E-state index contributed by atoms with van der Waals surface area (Å²) in [7, 11) is 0. The fourth-order valence-electron chi connectivity index (χ4n) is 3.88. The van der Waals surface area contributed by atoms with Crippen molar-refractivity contribution >= 4 is 17.5 Å². The summed E-state index contributed by atoms with van der Waals surface area (Å²) in [6.45, 7) is 7.16. The quantitative estimate of drug-likeness (QED) is 0.650. The van der Waals surface area contributed by atoms with Crippen LogP contribution in [0.15, 0.2) is 35.4 Å². The molecule has 2 aliphatic rings. The van der Waals surface area contributed by atoms with E-state index < -0.39 is 0 Å². The molecule has 2 amide bonds. The van der Waals surface area contributed by atoms with Gasteiger partial charge in [-0.2, -0.15) is 5.10 Å². The monoisotopic (exact) mass is 398 g/mol. The first-order valence-electron chi connectivity index (χ1n) is 11.0. The van der Waals surface area contributed by atoms with Crippen LogP contribution in [0.1, 0.15) is 57.4 Å². The van der Waals surface area contributed by atoms with Gasteiger partial charge in [0.05, 0.1) is 12.3 Å². The normalized spacial score (nSPS) is 18.0. The maximum atomic E-state index is 12.3. The molecule has 0 spiro atoms. The van der Waals surface area contributed by atoms with Gasteiger partial charge in [0.25, 0.3) is 0 Å². The van der Waals surface area contributed by atoms with Crippen molar-refractivity contribution in [1.82, 2.24) is 15.2 Å². The molecule has 1 saturated heterocycles. The van der Waals surface area contributed by atoms with E-state index >= 15 is 0 Å². The lowest BCUT2D eigenvalue weighted by Gasteiger charge is -2.30. The van der Waals surface area contributed by atoms with Crippen molar-refractivity contribution in [3.8, 4) is 0 Å². The van der Waals surface area contributed by atoms with Crippen LogP contribution in [0, 0.1) is 5.92 Å². The number of carbonyl (C=O) groups is 2. The lowest BCUT2D eigenvalue weighted by Crippen LogP contribution is -2.34. The number of benzene rings is 1. The van der Waals surface area contributed by atoms with Gasteiger partial charge in [-0.05, 0) is 56.8 Å². The van der Waals surface area contributed by atoms with Gasteiger partial charge in [0.2, 0.25) is 11.8 Å². The Hall–Kier alpha value is -2.21. The lowest BCUT2D eigenvalue weighted by molar-refractivity contribution is -0.133. The molecule has 3 rings (SSSR count). The number of amides is 2. The Morgan fingerprint density at radius 3 is 2.59 bits per heavy atom. The first-order chi connectivity index (χ1) is 14.1. The molecule has 6 nitrogen and oxygen atoms in total. The Morgan fingerprint density at radius 1 is 1.07 bits per heavy atom. The zero-order valence-corrected chi connectivity index (χ0v) is 17.6. The van der Waals surface area contributed by atoms with Gasteiger partial charge in [-0.15, -0.1) is 0 Å². The zero-order chi connectivity index (χ0) is 20.5. The molecule has 0 atom stereocenters. The van der Waals surface area contributed by atoms with Gasteiger partial charge in [-0.25, -0.2) is 5.01 Å². The van der Waals surface area contributed by atoms with Crippen LogP contribution in [0.25, 0.3) is 0 Å². The fourth-order valence-corrected chi connectivity index (χ4v) is 3.88. The molecule has 6 heteroatoms. The molecular formula is C23H34N4O2. The van der Waals surface area contributed by atoms with Gasteiger partial charge in [0, 0.05) is 25.8 Å². The second-order valence-electron chi connectivity index (χ2n) is 8.26. The molecule has 1 aromatic carbocycles. The Kier molecular flexibility index (Phi) is 8.23. The van der Waals surface area contributed by atoms with Crippen LogP contribution in [0.4, 0.5) is 0 Å². The van der Waals surface area contributed by atoms with Crippen LogP contribution < -0.4 is 5.32 Å². The van der Waals surface area contributed by atoms with E-state index in [1.165, 1.54) is 30.9 Å². The number of carbonyl (C=O) groups excluding carboxylic acids is 2. The van der Waals surface area contributed by atoms with E-state index in [1.54, 1.807) is 0 Å². The molecule has 2 heterocycles. The number of hydrogen-bond acceptors (Lipinski definition) is 4. The molecule has 1 fully saturated rings. The topological polar surface area (TPSA) is 65.0 Å². The molecule has 0 bridgehead atoms. The average Bonchev–Trinajstić information content (AvgIpc) is 3.24. The molecule has 1 N–H and O–H groups in total. The van der Waals surface area contributed by atoms with Crippen molar-refractivity contribution in [3.05, 3.63) is 35.9 Å². The third-order valence-electron chi connectivity index (χ3n) is 5.86. The largest absolute Gasteiger partial charge is 0.356 e. The highest BCUT2D eigenvalue weighted by Crippen LogP contribution is 2.16. The van der Waals surface area contributed by atoms with Crippen LogP contribution in [-0.4, -0.2) is 60.2 Å². The summed E-state index contributed by atoms with van der Waals surface area (Å²) >= 11 is 0. The number of nitrogens with one attached hydrogen (secondary N) is 1. The number of rotatable bonds is 9. The molecule has 1 aromatic rings. The minimum atomic E-state index is -0.0783. The maximum absolute atomic E-state index is 12.3. The number of likely N-dealkylation sites (tertiary alicyclic amines) is 1. The molecule has 0 aliphatic carbocycles. The van der Waals surface area contributed by atoms with Gasteiger partial charge in [0.1, 0.15) is 0 Å². The first-order valence-corrected chi connectivity index (χ1v) is 11.0. The van der Waals surface area contributed by atoms with Crippen molar-refractivity contribution in [2.75, 3.05) is 32.7 Å². The highest BCUT2D eigenvalue weighted by molar-refractivity contribution is 6.02. The smallest absolute Gasteiger partial charge is 0.243 e. The Balaban J connectivity index is 1.27. The average molecular weight is 399 g/mol. The third-order valence-corrected chi connectivity index (χ3v) is 5.86. The summed E-state index contributed by atoms with van der Waals surface area (Å²) in [5, 5.41) is 8.89. The van der Waals surface area contributed by atoms with E-state index in [1.807, 2.05) is 30.3 Å². The second-order valence-corrected chi connectivity index (χ2v) is 8.26. The zero-order valence-electron chi connectivity index (χ0n) is 17.6. The van der Waals surface area contributed by atoms with Gasteiger partial charge in [0.15, 0.2) is 0 Å². The number of piperidine rings is 1. The molecule has 0 saturated carbocycles. The van der Waals surface area contributed by atoms with Crippen molar-refractivity contribution in [2.24, 2.45) is 11.0 Å². The van der Waals surface area contributed by atoms with E-state index in [4.69, 9.17) is 0 Å². The summed E-state index contributed by atoms with van der Waals surface area (Å²) in [4.78, 5) is 26.9. The van der Waals surface area contributed by atoms with Crippen molar-refractivity contribution in [2.45, 2.75) is 51.9 Å². The van der Waals surface area contributed by atoms with Crippen LogP contribution in [-0.2, 0) is 9.59 Å². The van der Waals surface area contributed by atoms with Gasteiger partial charge < -0.3 is 10.2 Å². The molecule has 0 unspecified atom stereocenters. The number of hydrogen-bond donors (Lipinski definition) is 1. The third kappa shape index (κ3) is 6.96. The number of unbranched alkanes of at least 4 members (excludes halogenated alkanes) is 1. The molecule has 29 heavy (non-hydrogen) atoms. The van der Waals surface area contributed by atoms with Crippen LogP contribution in [0.5, 0.6) is 0 Å². The van der Waals surface area contributed by atoms with Crippen LogP contribution >= 0.6 is 0 Å². The Bertz CT molecular complexity index is 696. The molecular weight excluding hydrogens is 364 g/mol. The predicted octanol–water partition coefficient (Wildman–Crippen LogP) is 3.03. The number of hydrazone groups is 1. The Labute approximate surface area is 174 Å². The second kappa shape index (κ2) is 11.1. The van der Waals surface area contributed by atoms with Gasteiger partial charge >= 0.3 is 0 Å². The molecule has 0 aromatic heterocycles. The summed E-state index contributed by atoms with van der Waals surface area (Å²) in [6, 6.07) is 9.92. The highest BCUT2D eigenvalue weighted by Gasteiger charge is 2.21. The van der Waals surface area contributed by atoms with Crippen molar-refractivity contribution in [3.63, 3.8) is 0 Å². The summed E-state index contributed by atoms with van der Waals surface area (Å²) in [6.07, 6.45) is 5.91. The van der Waals surface area contributed by atoms with Crippen LogP contribution in [0.3, 0.4) is 0 Å². The summed E-state index contributed by atoms with van der Waals surface area (Å²) in [5.41, 5.74) is 1.99. The standard InChI is InChI=1S/C23H34N4O2/c1-19-11-16-26(17-12-19)15-6-5-14-24-22(28)9-10-23(29)27-18-13-21(25-27)20-7-3-2-4-8-20/h2-4,7-8,19H,5-6,9-18H2,1H3,(H,24,28). The SMILES string of the molecule is CC1CCN(CCCCNC(=O)CCC(=O)N2CCC(c3ccccc3)=N2)CC1. The van der Waals surface area contributed by atoms with E-state index in [-0.39, 0.29) is 24.7 Å². The van der Waals surface area contributed by atoms with E-state index in [0.717, 1.165) is 43.0 Å². The van der Waals surface area contributed by atoms with Crippen molar-refractivity contribution in [1.29, 1.82) is 0 Å². The lowest BCUT2D eigenvalue weighted by atomic mass is 9.99. The molecule has 2 aliphatic heterocycles. The summed E-state index contributed by atoms with van der Waals surface area (Å²) < 4.78 is 0. The van der Waals surface area contributed by atoms with E-state index in [0.29, 0.717) is 13.1 Å². The van der Waals surface area contributed by atoms with Crippen LogP contribution in [0.2, 0.25) is 0 Å². The molecule has 158 valence electrons. The van der Waals surface area contributed by atoms with Crippen molar-refractivity contribution < 1.29 is 9.59 Å². The predicted molar refractivity (Wildman–Crippen MR) is 116 cm³/mol. The first kappa shape index (κ1) is 21.5. The summed E-state index contributed by atoms with van der Waals surface area (Å²) in [5.74, 6) is 0.742. The van der Waals surface area contributed by atoms with E-state index in [9.17, 15) is 9.59 Å². The minimum absolute atomic E-state index is 0.0448. The maximum Gasteiger partial charge on any atom is 0.243 e. The van der Waals surface area contributed by atoms with E-state index in [2.05, 4.69) is 22.2 Å². The molecule has 0 radical (unpaired) electrons. The highest BCUT2D eigenvalue weighted by atomic mass is 16.2. The van der Waals surface area contributed by atoms with Gasteiger partial charge in [-0.1, -0.05) is 37.3 Å². The fraction of sp³-hybridized carbons (Fsp3) is 0.609.